The summed E-state index contributed by atoms with van der Waals surface area (Å²) >= 11 is 0. The Morgan fingerprint density at radius 2 is 1.92 bits per heavy atom. The summed E-state index contributed by atoms with van der Waals surface area (Å²) in [5.74, 6) is -0.152. The van der Waals surface area contributed by atoms with Crippen molar-refractivity contribution >= 4 is 5.78 Å². The first-order valence-corrected chi connectivity index (χ1v) is 4.64. The Balaban J connectivity index is 2.38. The summed E-state index contributed by atoms with van der Waals surface area (Å²) in [5.41, 5.74) is -1.29. The van der Waals surface area contributed by atoms with Crippen molar-refractivity contribution in [2.75, 3.05) is 0 Å². The minimum absolute atomic E-state index is 0.0360. The molecule has 0 aromatic rings. The van der Waals surface area contributed by atoms with Gasteiger partial charge in [0, 0.05) is 12.8 Å². The van der Waals surface area contributed by atoms with Crippen molar-refractivity contribution in [2.45, 2.75) is 57.8 Å². The van der Waals surface area contributed by atoms with Crippen molar-refractivity contribution in [3.05, 3.63) is 0 Å². The zero-order valence-electron chi connectivity index (χ0n) is 8.76. The van der Waals surface area contributed by atoms with Gasteiger partial charge in [-0.25, -0.2) is 0 Å². The summed E-state index contributed by atoms with van der Waals surface area (Å²) in [5, 5.41) is 9.62. The smallest absolute Gasteiger partial charge is 0.161 e. The fraction of sp³-hybridized carbons (Fsp3) is 0.900. The van der Waals surface area contributed by atoms with E-state index in [0.717, 1.165) is 0 Å². The van der Waals surface area contributed by atoms with Gasteiger partial charge >= 0.3 is 0 Å². The molecule has 0 unspecified atom stereocenters. The number of carbonyl (C=O) groups is 1. The predicted octanol–water partition coefficient (Wildman–Crippen LogP) is 1.28. The number of hydrogen-bond acceptors (Lipinski definition) is 3. The molecular formula is C10H18O3. The van der Waals surface area contributed by atoms with Crippen molar-refractivity contribution in [2.24, 2.45) is 0 Å². The summed E-state index contributed by atoms with van der Waals surface area (Å²) in [6.07, 6.45) is 0.924. The lowest BCUT2D eigenvalue weighted by atomic mass is 9.75. The van der Waals surface area contributed by atoms with Gasteiger partial charge in [0.2, 0.25) is 0 Å². The Bertz CT molecular complexity index is 209. The van der Waals surface area contributed by atoms with Crippen LogP contribution >= 0.6 is 0 Å². The van der Waals surface area contributed by atoms with Gasteiger partial charge in [-0.15, -0.1) is 0 Å². The number of aliphatic hydroxyl groups is 1. The van der Waals surface area contributed by atoms with Gasteiger partial charge in [0.05, 0.1) is 11.7 Å². The Kier molecular flexibility index (Phi) is 2.52. The van der Waals surface area contributed by atoms with E-state index in [1.807, 2.05) is 20.8 Å². The molecule has 1 aliphatic carbocycles. The molecule has 1 saturated carbocycles. The maximum atomic E-state index is 11.0. The van der Waals surface area contributed by atoms with Crippen LogP contribution in [0.2, 0.25) is 0 Å². The topological polar surface area (TPSA) is 46.5 Å². The standard InChI is InChI=1S/C10H18O3/c1-7(11)10(12)5-8(6-10)13-9(2,3)4/h8,12H,5-6H2,1-4H3. The third kappa shape index (κ3) is 2.51. The normalized spacial score (nSPS) is 34.1. The second kappa shape index (κ2) is 3.07. The van der Waals surface area contributed by atoms with Crippen LogP contribution in [-0.2, 0) is 9.53 Å². The molecule has 0 saturated heterocycles. The van der Waals surface area contributed by atoms with E-state index >= 15 is 0 Å². The molecule has 1 N–H and O–H groups in total. The van der Waals surface area contributed by atoms with Gasteiger partial charge in [-0.05, 0) is 27.7 Å². The van der Waals surface area contributed by atoms with Crippen molar-refractivity contribution in [3.63, 3.8) is 0 Å². The summed E-state index contributed by atoms with van der Waals surface area (Å²) in [6.45, 7) is 7.34. The lowest BCUT2D eigenvalue weighted by molar-refractivity contribution is -0.185. The molecule has 0 aromatic heterocycles. The molecule has 0 radical (unpaired) electrons. The van der Waals surface area contributed by atoms with Crippen LogP contribution in [0.3, 0.4) is 0 Å². The van der Waals surface area contributed by atoms with Crippen LogP contribution in [0, 0.1) is 0 Å². The van der Waals surface area contributed by atoms with E-state index < -0.39 is 5.60 Å². The van der Waals surface area contributed by atoms with Gasteiger partial charge < -0.3 is 9.84 Å². The molecule has 76 valence electrons. The third-order valence-electron chi connectivity index (χ3n) is 2.31. The molecule has 3 nitrogen and oxygen atoms in total. The predicted molar refractivity (Wildman–Crippen MR) is 49.5 cm³/mol. The van der Waals surface area contributed by atoms with Crippen molar-refractivity contribution in [1.82, 2.24) is 0 Å². The number of hydrogen-bond donors (Lipinski definition) is 1. The minimum atomic E-state index is -1.10. The third-order valence-corrected chi connectivity index (χ3v) is 2.31. The van der Waals surface area contributed by atoms with E-state index in [1.54, 1.807) is 0 Å². The largest absolute Gasteiger partial charge is 0.382 e. The number of ketones is 1. The molecule has 3 heteroatoms. The van der Waals surface area contributed by atoms with Crippen LogP contribution in [0.4, 0.5) is 0 Å². The molecule has 13 heavy (non-hydrogen) atoms. The first-order chi connectivity index (χ1) is 5.73. The van der Waals surface area contributed by atoms with Crippen LogP contribution in [0.15, 0.2) is 0 Å². The van der Waals surface area contributed by atoms with Gasteiger partial charge in [-0.1, -0.05) is 0 Å². The van der Waals surface area contributed by atoms with Crippen molar-refractivity contribution in [1.29, 1.82) is 0 Å². The fourth-order valence-corrected chi connectivity index (χ4v) is 1.56. The highest BCUT2D eigenvalue weighted by Gasteiger charge is 2.48. The second-order valence-electron chi connectivity index (χ2n) is 4.85. The fourth-order valence-electron chi connectivity index (χ4n) is 1.56. The highest BCUT2D eigenvalue weighted by Crippen LogP contribution is 2.37. The SMILES string of the molecule is CC(=O)C1(O)CC(OC(C)(C)C)C1. The molecule has 0 heterocycles. The summed E-state index contributed by atoms with van der Waals surface area (Å²) < 4.78 is 5.61. The first-order valence-electron chi connectivity index (χ1n) is 4.64. The molecule has 0 atom stereocenters. The zero-order valence-corrected chi connectivity index (χ0v) is 8.76. The van der Waals surface area contributed by atoms with E-state index in [0.29, 0.717) is 12.8 Å². The van der Waals surface area contributed by atoms with Crippen LogP contribution in [0.1, 0.15) is 40.5 Å². The lowest BCUT2D eigenvalue weighted by Crippen LogP contribution is -2.54. The molecule has 0 amide bonds. The lowest BCUT2D eigenvalue weighted by Gasteiger charge is -2.44. The molecule has 0 aliphatic heterocycles. The van der Waals surface area contributed by atoms with E-state index in [1.165, 1.54) is 6.92 Å². The summed E-state index contributed by atoms with van der Waals surface area (Å²) in [6, 6.07) is 0. The van der Waals surface area contributed by atoms with Crippen molar-refractivity contribution < 1.29 is 14.6 Å². The second-order valence-corrected chi connectivity index (χ2v) is 4.85. The molecule has 0 aromatic carbocycles. The molecule has 0 bridgehead atoms. The zero-order chi connectivity index (χ0) is 10.3. The Morgan fingerprint density at radius 1 is 1.46 bits per heavy atom. The van der Waals surface area contributed by atoms with Crippen LogP contribution in [0.25, 0.3) is 0 Å². The molecular weight excluding hydrogens is 168 g/mol. The average Bonchev–Trinajstić information content (AvgIpc) is 1.79. The van der Waals surface area contributed by atoms with Crippen molar-refractivity contribution in [3.8, 4) is 0 Å². The molecule has 1 aliphatic rings. The Labute approximate surface area is 79.1 Å². The summed E-state index contributed by atoms with van der Waals surface area (Å²) in [4.78, 5) is 11.0. The number of rotatable bonds is 2. The maximum Gasteiger partial charge on any atom is 0.161 e. The van der Waals surface area contributed by atoms with Gasteiger partial charge in [0.1, 0.15) is 5.60 Å². The van der Waals surface area contributed by atoms with Gasteiger partial charge in [-0.2, -0.15) is 0 Å². The molecule has 0 spiro atoms. The van der Waals surface area contributed by atoms with Gasteiger partial charge in [-0.3, -0.25) is 4.79 Å². The maximum absolute atomic E-state index is 11.0. The monoisotopic (exact) mass is 186 g/mol. The number of ether oxygens (including phenoxy) is 1. The number of carbonyl (C=O) groups excluding carboxylic acids is 1. The molecule has 1 fully saturated rings. The highest BCUT2D eigenvalue weighted by molar-refractivity contribution is 5.85. The first kappa shape index (κ1) is 10.7. The van der Waals surface area contributed by atoms with E-state index in [4.69, 9.17) is 4.74 Å². The van der Waals surface area contributed by atoms with E-state index in [-0.39, 0.29) is 17.5 Å². The quantitative estimate of drug-likeness (QED) is 0.706. The number of Topliss-reactive ketones (excluding diaryl/α,β-unsaturated/α-hetero) is 1. The van der Waals surface area contributed by atoms with Crippen LogP contribution < -0.4 is 0 Å². The van der Waals surface area contributed by atoms with E-state index in [2.05, 4.69) is 0 Å². The minimum Gasteiger partial charge on any atom is -0.382 e. The highest BCUT2D eigenvalue weighted by atomic mass is 16.5. The molecule has 1 rings (SSSR count). The van der Waals surface area contributed by atoms with Gasteiger partial charge in [0.15, 0.2) is 5.78 Å². The Morgan fingerprint density at radius 3 is 2.23 bits per heavy atom. The Hall–Kier alpha value is -0.410. The average molecular weight is 186 g/mol. The van der Waals surface area contributed by atoms with E-state index in [9.17, 15) is 9.90 Å². The van der Waals surface area contributed by atoms with Gasteiger partial charge in [0.25, 0.3) is 0 Å². The van der Waals surface area contributed by atoms with Crippen LogP contribution in [0.5, 0.6) is 0 Å². The summed E-state index contributed by atoms with van der Waals surface area (Å²) in [7, 11) is 0. The van der Waals surface area contributed by atoms with Crippen LogP contribution in [-0.4, -0.2) is 28.2 Å².